The lowest BCUT2D eigenvalue weighted by molar-refractivity contribution is -0.155. The van der Waals surface area contributed by atoms with E-state index >= 15 is 0 Å². The van der Waals surface area contributed by atoms with Gasteiger partial charge in [0.05, 0.1) is 0 Å². The van der Waals surface area contributed by atoms with Gasteiger partial charge in [-0.3, -0.25) is 4.79 Å². The summed E-state index contributed by atoms with van der Waals surface area (Å²) in [7, 11) is 0. The Labute approximate surface area is 83.3 Å². The number of likely N-dealkylation sites (tertiary alicyclic amines) is 1. The molecule has 2 nitrogen and oxygen atoms in total. The van der Waals surface area contributed by atoms with Crippen LogP contribution in [0.3, 0.4) is 0 Å². The Morgan fingerprint density at radius 2 is 2.14 bits per heavy atom. The Balaban J connectivity index is 2.81. The van der Waals surface area contributed by atoms with E-state index in [0.29, 0.717) is 13.1 Å². The van der Waals surface area contributed by atoms with Gasteiger partial charge in [-0.15, -0.1) is 0 Å². The van der Waals surface area contributed by atoms with E-state index in [4.69, 9.17) is 0 Å². The van der Waals surface area contributed by atoms with Crippen molar-refractivity contribution in [3.63, 3.8) is 0 Å². The van der Waals surface area contributed by atoms with Crippen molar-refractivity contribution in [2.75, 3.05) is 13.1 Å². The molecule has 0 bridgehead atoms. The minimum atomic E-state index is -2.92. The minimum Gasteiger partial charge on any atom is -0.342 e. The van der Waals surface area contributed by atoms with E-state index < -0.39 is 17.2 Å². The summed E-state index contributed by atoms with van der Waals surface area (Å²) in [6.07, 6.45) is 1.08. The van der Waals surface area contributed by atoms with Crippen LogP contribution in [0.5, 0.6) is 0 Å². The maximum Gasteiger partial charge on any atom is 0.259 e. The Bertz CT molecular complexity index is 237. The molecule has 0 radical (unpaired) electrons. The van der Waals surface area contributed by atoms with Crippen LogP contribution in [0.4, 0.5) is 8.78 Å². The highest BCUT2D eigenvalue weighted by Gasteiger charge is 2.56. The van der Waals surface area contributed by atoms with Crippen molar-refractivity contribution < 1.29 is 13.6 Å². The first-order chi connectivity index (χ1) is 6.33. The van der Waals surface area contributed by atoms with E-state index in [1.165, 1.54) is 11.8 Å². The molecule has 0 saturated carbocycles. The van der Waals surface area contributed by atoms with Gasteiger partial charge in [-0.25, -0.2) is 8.78 Å². The summed E-state index contributed by atoms with van der Waals surface area (Å²) < 4.78 is 26.5. The van der Waals surface area contributed by atoms with E-state index in [9.17, 15) is 13.6 Å². The summed E-state index contributed by atoms with van der Waals surface area (Å²) in [5.41, 5.74) is -1.48. The molecule has 4 heteroatoms. The lowest BCUT2D eigenvalue weighted by atomic mass is 9.82. The fourth-order valence-electron chi connectivity index (χ4n) is 1.81. The van der Waals surface area contributed by atoms with Gasteiger partial charge in [0.2, 0.25) is 5.91 Å². The normalized spacial score (nSPS) is 28.6. The van der Waals surface area contributed by atoms with Gasteiger partial charge in [0.15, 0.2) is 0 Å². The van der Waals surface area contributed by atoms with Crippen molar-refractivity contribution in [1.29, 1.82) is 0 Å². The maximum atomic E-state index is 13.2. The molecular weight excluding hydrogens is 188 g/mol. The Morgan fingerprint density at radius 3 is 2.50 bits per heavy atom. The average Bonchev–Trinajstić information content (AvgIpc) is 2.33. The fraction of sp³-hybridized carbons (Fsp3) is 0.900. The summed E-state index contributed by atoms with van der Waals surface area (Å²) in [6, 6.07) is 0. The van der Waals surface area contributed by atoms with Gasteiger partial charge in [0, 0.05) is 20.0 Å². The summed E-state index contributed by atoms with van der Waals surface area (Å²) in [5.74, 6) is -3.32. The van der Waals surface area contributed by atoms with Crippen LogP contribution in [0, 0.1) is 5.41 Å². The molecule has 14 heavy (non-hydrogen) atoms. The maximum absolute atomic E-state index is 13.2. The van der Waals surface area contributed by atoms with Gasteiger partial charge in [-0.2, -0.15) is 0 Å². The van der Waals surface area contributed by atoms with E-state index in [1.807, 2.05) is 6.92 Å². The van der Waals surface area contributed by atoms with E-state index in [2.05, 4.69) is 0 Å². The monoisotopic (exact) mass is 205 g/mol. The number of hydrogen-bond acceptors (Lipinski definition) is 1. The molecule has 0 aliphatic carbocycles. The predicted molar refractivity (Wildman–Crippen MR) is 50.2 cm³/mol. The number of nitrogens with zero attached hydrogens (tertiary/aromatic N) is 1. The number of hydrogen-bond donors (Lipinski definition) is 0. The number of halogens is 2. The summed E-state index contributed by atoms with van der Waals surface area (Å²) in [5, 5.41) is 0. The highest BCUT2D eigenvalue weighted by atomic mass is 19.3. The molecule has 0 aromatic rings. The van der Waals surface area contributed by atoms with E-state index in [0.717, 1.165) is 13.3 Å². The third kappa shape index (κ3) is 1.62. The van der Waals surface area contributed by atoms with Crippen molar-refractivity contribution in [2.24, 2.45) is 5.41 Å². The van der Waals surface area contributed by atoms with Crippen LogP contribution in [0.25, 0.3) is 0 Å². The van der Waals surface area contributed by atoms with Crippen LogP contribution in [0.1, 0.15) is 33.6 Å². The highest BCUT2D eigenvalue weighted by molar-refractivity contribution is 5.85. The molecule has 1 amide bonds. The molecule has 1 fully saturated rings. The van der Waals surface area contributed by atoms with Gasteiger partial charge >= 0.3 is 0 Å². The first-order valence-corrected chi connectivity index (χ1v) is 5.00. The topological polar surface area (TPSA) is 20.3 Å². The van der Waals surface area contributed by atoms with Gasteiger partial charge < -0.3 is 4.90 Å². The molecular formula is C10H17F2NO. The zero-order valence-electron chi connectivity index (χ0n) is 8.94. The highest BCUT2D eigenvalue weighted by Crippen LogP contribution is 2.44. The first kappa shape index (κ1) is 11.4. The lowest BCUT2D eigenvalue weighted by Crippen LogP contribution is -2.43. The fourth-order valence-corrected chi connectivity index (χ4v) is 1.81. The molecule has 1 atom stereocenters. The summed E-state index contributed by atoms with van der Waals surface area (Å²) in [6.45, 7) is 5.19. The molecule has 0 N–H and O–H groups in total. The molecule has 1 rings (SSSR count). The Morgan fingerprint density at radius 1 is 1.57 bits per heavy atom. The second kappa shape index (κ2) is 3.48. The van der Waals surface area contributed by atoms with Gasteiger partial charge in [0.25, 0.3) is 5.92 Å². The summed E-state index contributed by atoms with van der Waals surface area (Å²) >= 11 is 0. The number of carbonyl (C=O) groups excluding carboxylic acids is 1. The third-order valence-corrected chi connectivity index (χ3v) is 3.10. The van der Waals surface area contributed by atoms with Gasteiger partial charge in [-0.05, 0) is 19.8 Å². The van der Waals surface area contributed by atoms with Crippen LogP contribution < -0.4 is 0 Å². The lowest BCUT2D eigenvalue weighted by Gasteiger charge is -2.29. The zero-order chi connectivity index (χ0) is 11.0. The standard InChI is InChI=1S/C10H17F2NO/c1-4-6-13-7-5-9(2,8(13)14)10(3,11)12/h4-7H2,1-3H3. The van der Waals surface area contributed by atoms with Crippen LogP contribution >= 0.6 is 0 Å². The summed E-state index contributed by atoms with van der Waals surface area (Å²) in [4.78, 5) is 13.2. The number of rotatable bonds is 3. The van der Waals surface area contributed by atoms with Crippen molar-refractivity contribution in [2.45, 2.75) is 39.5 Å². The molecule has 0 aromatic carbocycles. The molecule has 1 aliphatic heterocycles. The molecule has 0 aromatic heterocycles. The number of carbonyl (C=O) groups is 1. The third-order valence-electron chi connectivity index (χ3n) is 3.10. The van der Waals surface area contributed by atoms with Crippen molar-refractivity contribution >= 4 is 5.91 Å². The first-order valence-electron chi connectivity index (χ1n) is 5.00. The quantitative estimate of drug-likeness (QED) is 0.692. The molecule has 1 unspecified atom stereocenters. The molecule has 1 aliphatic rings. The SMILES string of the molecule is CCCN1CCC(C)(C(C)(F)F)C1=O. The average molecular weight is 205 g/mol. The molecule has 82 valence electrons. The Kier molecular flexibility index (Phi) is 2.83. The van der Waals surface area contributed by atoms with Crippen molar-refractivity contribution in [3.8, 4) is 0 Å². The second-order valence-electron chi connectivity index (χ2n) is 4.26. The van der Waals surface area contributed by atoms with Gasteiger partial charge in [0.1, 0.15) is 5.41 Å². The smallest absolute Gasteiger partial charge is 0.259 e. The van der Waals surface area contributed by atoms with E-state index in [-0.39, 0.29) is 6.42 Å². The molecule has 1 saturated heterocycles. The number of amides is 1. The van der Waals surface area contributed by atoms with E-state index in [1.54, 1.807) is 0 Å². The van der Waals surface area contributed by atoms with Crippen LogP contribution in [-0.2, 0) is 4.79 Å². The van der Waals surface area contributed by atoms with Crippen LogP contribution in [-0.4, -0.2) is 29.8 Å². The van der Waals surface area contributed by atoms with Gasteiger partial charge in [-0.1, -0.05) is 6.92 Å². The molecule has 0 spiro atoms. The second-order valence-corrected chi connectivity index (χ2v) is 4.26. The van der Waals surface area contributed by atoms with Crippen molar-refractivity contribution in [1.82, 2.24) is 4.90 Å². The predicted octanol–water partition coefficient (Wildman–Crippen LogP) is 2.29. The minimum absolute atomic E-state index is 0.259. The zero-order valence-corrected chi connectivity index (χ0v) is 8.94. The largest absolute Gasteiger partial charge is 0.342 e. The number of alkyl halides is 2. The molecule has 1 heterocycles. The Hall–Kier alpha value is -0.670. The van der Waals surface area contributed by atoms with Crippen LogP contribution in [0.2, 0.25) is 0 Å². The van der Waals surface area contributed by atoms with Crippen LogP contribution in [0.15, 0.2) is 0 Å². The van der Waals surface area contributed by atoms with Crippen molar-refractivity contribution in [3.05, 3.63) is 0 Å².